The molecular weight excluding hydrogens is 994 g/mol. The van der Waals surface area contributed by atoms with E-state index in [0.29, 0.717) is 24.2 Å². The van der Waals surface area contributed by atoms with E-state index in [-0.39, 0.29) is 49.0 Å². The van der Waals surface area contributed by atoms with E-state index >= 15 is 0 Å². The van der Waals surface area contributed by atoms with Gasteiger partial charge in [0.05, 0.1) is 23.4 Å². The predicted molar refractivity (Wildman–Crippen MR) is 268 cm³/mol. The van der Waals surface area contributed by atoms with Gasteiger partial charge in [-0.2, -0.15) is 13.2 Å². The van der Waals surface area contributed by atoms with E-state index < -0.39 is 60.4 Å². The number of carbonyl (C=O) groups excluding carboxylic acids is 1. The Morgan fingerprint density at radius 1 is 0.957 bits per heavy atom. The zero-order valence-corrected chi connectivity index (χ0v) is 43.1. The molecule has 6 rings (SSSR count). The standard InChI is InChI=1S/C48H60ClF3N5O8PS3/c1-5-65-66(59,60)30-29-55(4)24-22-39(34-67-41-9-7-6-8-10-41)53-44-20-19-42(31-45(44)68(61,62)48(50,51)52)69(63,64)54-46(58)36-13-17-40(18-14-36)57-27-25-56(26-28-57)33-37-32-47(2,3)23-21-43(37)35-11-15-38(49)16-12-35/h6-20,31,39,53H,5,21-30,32-34H2,1-4H3,(H,54,58)(H,59,60)/t39-/m1/s1. The highest BCUT2D eigenvalue weighted by Crippen LogP contribution is 2.44. The van der Waals surface area contributed by atoms with Gasteiger partial charge in [0.15, 0.2) is 0 Å². The van der Waals surface area contributed by atoms with Gasteiger partial charge in [0.2, 0.25) is 0 Å². The van der Waals surface area contributed by atoms with Crippen LogP contribution in [-0.4, -0.2) is 120 Å². The summed E-state index contributed by atoms with van der Waals surface area (Å²) in [4.78, 5) is 28.4. The number of allylic oxidation sites excluding steroid dienone is 1. The number of amides is 1. The van der Waals surface area contributed by atoms with Gasteiger partial charge < -0.3 is 24.5 Å². The Balaban J connectivity index is 1.13. The number of nitrogens with zero attached hydrogens (tertiary/aromatic N) is 3. The van der Waals surface area contributed by atoms with Crippen LogP contribution in [0.25, 0.3) is 5.57 Å². The highest BCUT2D eigenvalue weighted by Gasteiger charge is 2.48. The quantitative estimate of drug-likeness (QED) is 0.0534. The van der Waals surface area contributed by atoms with E-state index in [2.05, 4.69) is 41.1 Å². The summed E-state index contributed by atoms with van der Waals surface area (Å²) in [5, 5.41) is 3.61. The first kappa shape index (κ1) is 54.4. The van der Waals surface area contributed by atoms with E-state index in [1.807, 2.05) is 47.2 Å². The molecule has 1 aliphatic carbocycles. The molecular formula is C48H60ClF3N5O8PS3. The van der Waals surface area contributed by atoms with Crippen molar-refractivity contribution < 1.29 is 48.8 Å². The highest BCUT2D eigenvalue weighted by atomic mass is 35.5. The number of sulfone groups is 1. The third-order valence-corrected chi connectivity index (χ3v) is 17.9. The number of alkyl halides is 3. The van der Waals surface area contributed by atoms with Crippen LogP contribution in [-0.2, 0) is 28.9 Å². The lowest BCUT2D eigenvalue weighted by Gasteiger charge is -2.39. The second-order valence-corrected chi connectivity index (χ2v) is 25.2. The lowest BCUT2D eigenvalue weighted by molar-refractivity contribution is -0.0436. The number of halogens is 4. The fourth-order valence-corrected chi connectivity index (χ4v) is 12.6. The van der Waals surface area contributed by atoms with Gasteiger partial charge in [-0.05, 0) is 129 Å². The molecule has 0 aromatic heterocycles. The average molecular weight is 1050 g/mol. The minimum atomic E-state index is -6.14. The summed E-state index contributed by atoms with van der Waals surface area (Å²) < 4.78 is 115. The highest BCUT2D eigenvalue weighted by molar-refractivity contribution is 7.99. The Morgan fingerprint density at radius 2 is 1.62 bits per heavy atom. The molecule has 1 unspecified atom stereocenters. The number of benzene rings is 4. The van der Waals surface area contributed by atoms with Crippen LogP contribution in [0.5, 0.6) is 0 Å². The molecule has 0 radical (unpaired) electrons. The molecule has 4 aromatic carbocycles. The minimum absolute atomic E-state index is 0.0348. The Hall–Kier alpha value is -3.91. The van der Waals surface area contributed by atoms with Gasteiger partial charge >= 0.3 is 13.1 Å². The van der Waals surface area contributed by atoms with Gasteiger partial charge in [-0.1, -0.05) is 61.4 Å². The smallest absolute Gasteiger partial charge is 0.380 e. The number of carbonyl (C=O) groups is 1. The van der Waals surface area contributed by atoms with Crippen LogP contribution >= 0.6 is 31.0 Å². The molecule has 69 heavy (non-hydrogen) atoms. The Kier molecular flexibility index (Phi) is 18.2. The Bertz CT molecular complexity index is 2710. The van der Waals surface area contributed by atoms with Crippen LogP contribution in [0.3, 0.4) is 0 Å². The fraction of sp³-hybridized carbons (Fsp3) is 0.438. The zero-order chi connectivity index (χ0) is 50.2. The van der Waals surface area contributed by atoms with Gasteiger partial charge in [0, 0.05) is 72.2 Å². The topological polar surface area (TPSA) is 166 Å². The Labute approximate surface area is 413 Å². The molecule has 376 valence electrons. The third kappa shape index (κ3) is 15.1. The van der Waals surface area contributed by atoms with Crippen molar-refractivity contribution >= 4 is 73.7 Å². The summed E-state index contributed by atoms with van der Waals surface area (Å²) in [7, 11) is -13.2. The van der Waals surface area contributed by atoms with Crippen LogP contribution in [0.2, 0.25) is 5.02 Å². The molecule has 1 saturated heterocycles. The van der Waals surface area contributed by atoms with Crippen molar-refractivity contribution in [3.05, 3.63) is 119 Å². The molecule has 1 fully saturated rings. The summed E-state index contributed by atoms with van der Waals surface area (Å²) in [5.74, 6) is -0.815. The first-order valence-electron chi connectivity index (χ1n) is 22.6. The maximum atomic E-state index is 14.2. The van der Waals surface area contributed by atoms with Crippen LogP contribution in [0.1, 0.15) is 62.4 Å². The van der Waals surface area contributed by atoms with Crippen molar-refractivity contribution in [3.8, 4) is 0 Å². The summed E-state index contributed by atoms with van der Waals surface area (Å²) >= 11 is 7.55. The van der Waals surface area contributed by atoms with Crippen LogP contribution < -0.4 is 14.9 Å². The van der Waals surface area contributed by atoms with Gasteiger partial charge in [0.25, 0.3) is 25.8 Å². The lowest BCUT2D eigenvalue weighted by Crippen LogP contribution is -2.47. The largest absolute Gasteiger partial charge is 0.501 e. The molecule has 2 aliphatic rings. The molecule has 0 saturated carbocycles. The minimum Gasteiger partial charge on any atom is -0.380 e. The monoisotopic (exact) mass is 1050 g/mol. The van der Waals surface area contributed by atoms with Crippen LogP contribution in [0.15, 0.2) is 117 Å². The molecule has 1 aliphatic heterocycles. The van der Waals surface area contributed by atoms with Crippen molar-refractivity contribution in [1.29, 1.82) is 0 Å². The normalized spacial score (nSPS) is 17.4. The number of nitrogens with one attached hydrogen (secondary N) is 2. The predicted octanol–water partition coefficient (Wildman–Crippen LogP) is 9.65. The molecule has 0 spiro atoms. The molecule has 1 amide bonds. The average Bonchev–Trinajstić information content (AvgIpc) is 3.29. The molecule has 1 heterocycles. The zero-order valence-electron chi connectivity index (χ0n) is 39.0. The van der Waals surface area contributed by atoms with Crippen molar-refractivity contribution in [2.45, 2.75) is 72.7 Å². The van der Waals surface area contributed by atoms with Crippen molar-refractivity contribution in [2.75, 3.05) is 81.6 Å². The summed E-state index contributed by atoms with van der Waals surface area (Å²) in [6.45, 7) is 10.6. The second kappa shape index (κ2) is 23.1. The SMILES string of the molecule is CCOP(=O)(O)CCN(C)CC[C@H](CSc1ccccc1)Nc1ccc(S(=O)(=O)NC(=O)c2ccc(N3CCN(CC4=C(c5ccc(Cl)cc5)CCC(C)(C)C4)CC3)cc2)cc1S(=O)(=O)C(F)(F)F. The van der Waals surface area contributed by atoms with Crippen LogP contribution in [0.4, 0.5) is 24.5 Å². The number of thioether (sulfide) groups is 1. The van der Waals surface area contributed by atoms with Gasteiger partial charge in [0.1, 0.15) is 4.90 Å². The van der Waals surface area contributed by atoms with E-state index in [4.69, 9.17) is 16.1 Å². The second-order valence-electron chi connectivity index (χ2n) is 18.1. The lowest BCUT2D eigenvalue weighted by atomic mass is 9.73. The van der Waals surface area contributed by atoms with E-state index in [0.717, 1.165) is 61.6 Å². The van der Waals surface area contributed by atoms with E-state index in [9.17, 15) is 44.3 Å². The Morgan fingerprint density at radius 3 is 2.26 bits per heavy atom. The molecule has 3 N–H and O–H groups in total. The van der Waals surface area contributed by atoms with Crippen molar-refractivity contribution in [3.63, 3.8) is 0 Å². The van der Waals surface area contributed by atoms with E-state index in [1.54, 1.807) is 31.0 Å². The maximum Gasteiger partial charge on any atom is 0.501 e. The number of hydrogen-bond acceptors (Lipinski definition) is 12. The number of rotatable bonds is 21. The van der Waals surface area contributed by atoms with Crippen LogP contribution in [0, 0.1) is 5.41 Å². The van der Waals surface area contributed by atoms with E-state index in [1.165, 1.54) is 40.6 Å². The number of sulfonamides is 1. The number of anilines is 2. The molecule has 13 nitrogen and oxygen atoms in total. The van der Waals surface area contributed by atoms with Crippen molar-refractivity contribution in [2.24, 2.45) is 5.41 Å². The first-order chi connectivity index (χ1) is 32.4. The summed E-state index contributed by atoms with van der Waals surface area (Å²) in [6, 6.07) is 25.0. The van der Waals surface area contributed by atoms with Gasteiger partial charge in [-0.3, -0.25) is 14.3 Å². The van der Waals surface area contributed by atoms with Gasteiger partial charge in [-0.25, -0.2) is 21.6 Å². The van der Waals surface area contributed by atoms with Gasteiger partial charge in [-0.15, -0.1) is 11.8 Å². The molecule has 2 atom stereocenters. The number of piperazine rings is 1. The number of hydrogen-bond donors (Lipinski definition) is 3. The van der Waals surface area contributed by atoms with Crippen molar-refractivity contribution in [1.82, 2.24) is 14.5 Å². The molecule has 21 heteroatoms. The third-order valence-electron chi connectivity index (χ3n) is 12.2. The molecule has 4 aromatic rings. The summed E-state index contributed by atoms with van der Waals surface area (Å²) in [6.07, 6.45) is 3.19. The summed E-state index contributed by atoms with van der Waals surface area (Å²) in [5.41, 5.74) is -1.28. The first-order valence-corrected chi connectivity index (χ1v) is 28.7. The maximum absolute atomic E-state index is 14.2. The molecule has 0 bridgehead atoms. The fourth-order valence-electron chi connectivity index (χ4n) is 8.38.